The van der Waals surface area contributed by atoms with Gasteiger partial charge < -0.3 is 14.5 Å². The molecular formula is C14H18N2O4S. The Kier molecular flexibility index (Phi) is 5.11. The van der Waals surface area contributed by atoms with E-state index in [1.165, 1.54) is 6.26 Å². The summed E-state index contributed by atoms with van der Waals surface area (Å²) in [7, 11) is -1.60. The molecule has 1 N–H and O–H groups in total. The Morgan fingerprint density at radius 2 is 2.19 bits per heavy atom. The molecule has 0 aliphatic rings. The Morgan fingerprint density at radius 1 is 1.38 bits per heavy atom. The molecule has 0 aliphatic heterocycles. The second-order valence-corrected chi connectivity index (χ2v) is 6.60. The van der Waals surface area contributed by atoms with Crippen LogP contribution in [0.5, 0.6) is 0 Å². The van der Waals surface area contributed by atoms with E-state index in [-0.39, 0.29) is 4.90 Å². The van der Waals surface area contributed by atoms with Gasteiger partial charge in [0.1, 0.15) is 0 Å². The molecule has 0 atom stereocenters. The maximum absolute atomic E-state index is 11.6. The quantitative estimate of drug-likeness (QED) is 0.780. The highest BCUT2D eigenvalue weighted by Gasteiger charge is 2.11. The summed E-state index contributed by atoms with van der Waals surface area (Å²) < 4.78 is 33.7. The SMILES string of the molecule is COCCNCc1ncc(-c2cccc(S(C)(=O)=O)c2)o1. The normalized spacial score (nSPS) is 11.7. The second kappa shape index (κ2) is 6.84. The Hall–Kier alpha value is -1.70. The predicted molar refractivity (Wildman–Crippen MR) is 78.6 cm³/mol. The lowest BCUT2D eigenvalue weighted by molar-refractivity contribution is 0.198. The maximum atomic E-state index is 11.6. The van der Waals surface area contributed by atoms with E-state index < -0.39 is 9.84 Å². The molecule has 0 saturated carbocycles. The molecule has 0 radical (unpaired) electrons. The van der Waals surface area contributed by atoms with Crippen LogP contribution in [0.15, 0.2) is 39.8 Å². The molecule has 0 fully saturated rings. The molecule has 0 amide bonds. The molecule has 1 aromatic heterocycles. The average Bonchev–Trinajstić information content (AvgIpc) is 2.92. The summed E-state index contributed by atoms with van der Waals surface area (Å²) in [4.78, 5) is 4.42. The highest BCUT2D eigenvalue weighted by atomic mass is 32.2. The lowest BCUT2D eigenvalue weighted by atomic mass is 10.2. The standard InChI is InChI=1S/C14H18N2O4S/c1-19-7-6-15-10-14-16-9-13(20-14)11-4-3-5-12(8-11)21(2,17)18/h3-5,8-9,15H,6-7,10H2,1-2H3. The molecule has 0 spiro atoms. The minimum absolute atomic E-state index is 0.260. The number of hydrogen-bond donors (Lipinski definition) is 1. The summed E-state index contributed by atoms with van der Waals surface area (Å²) >= 11 is 0. The zero-order chi connectivity index (χ0) is 15.3. The number of rotatable bonds is 7. The van der Waals surface area contributed by atoms with E-state index in [2.05, 4.69) is 10.3 Å². The van der Waals surface area contributed by atoms with Gasteiger partial charge in [-0.2, -0.15) is 0 Å². The van der Waals surface area contributed by atoms with Crippen LogP contribution in [0.4, 0.5) is 0 Å². The van der Waals surface area contributed by atoms with E-state index in [4.69, 9.17) is 9.15 Å². The Morgan fingerprint density at radius 3 is 2.90 bits per heavy atom. The van der Waals surface area contributed by atoms with Crippen molar-refractivity contribution < 1.29 is 17.6 Å². The molecule has 0 saturated heterocycles. The third-order valence-electron chi connectivity index (χ3n) is 2.86. The topological polar surface area (TPSA) is 81.4 Å². The van der Waals surface area contributed by atoms with E-state index in [0.29, 0.717) is 36.9 Å². The van der Waals surface area contributed by atoms with Crippen molar-refractivity contribution in [3.8, 4) is 11.3 Å². The van der Waals surface area contributed by atoms with Crippen molar-refractivity contribution >= 4 is 9.84 Å². The molecule has 1 aromatic carbocycles. The van der Waals surface area contributed by atoms with Crippen LogP contribution in [0.1, 0.15) is 5.89 Å². The number of nitrogens with one attached hydrogen (secondary N) is 1. The second-order valence-electron chi connectivity index (χ2n) is 4.59. The zero-order valence-electron chi connectivity index (χ0n) is 12.0. The molecule has 0 bridgehead atoms. The van der Waals surface area contributed by atoms with Crippen molar-refractivity contribution in [2.75, 3.05) is 26.5 Å². The van der Waals surface area contributed by atoms with Gasteiger partial charge >= 0.3 is 0 Å². The third-order valence-corrected chi connectivity index (χ3v) is 3.97. The van der Waals surface area contributed by atoms with Gasteiger partial charge in [0.2, 0.25) is 5.89 Å². The largest absolute Gasteiger partial charge is 0.439 e. The Balaban J connectivity index is 2.11. The van der Waals surface area contributed by atoms with Gasteiger partial charge in [0.15, 0.2) is 15.6 Å². The maximum Gasteiger partial charge on any atom is 0.208 e. The van der Waals surface area contributed by atoms with Gasteiger partial charge in [-0.05, 0) is 12.1 Å². The smallest absolute Gasteiger partial charge is 0.208 e. The first-order valence-electron chi connectivity index (χ1n) is 6.45. The van der Waals surface area contributed by atoms with Crippen molar-refractivity contribution in [2.45, 2.75) is 11.4 Å². The van der Waals surface area contributed by atoms with Gasteiger partial charge in [-0.15, -0.1) is 0 Å². The first-order valence-corrected chi connectivity index (χ1v) is 8.34. The number of ether oxygens (including phenoxy) is 1. The van der Waals surface area contributed by atoms with Gasteiger partial charge in [-0.3, -0.25) is 0 Å². The first kappa shape index (κ1) is 15.7. The number of aromatic nitrogens is 1. The number of benzene rings is 1. The van der Waals surface area contributed by atoms with Crippen molar-refractivity contribution in [1.29, 1.82) is 0 Å². The van der Waals surface area contributed by atoms with Gasteiger partial charge in [0.05, 0.1) is 24.2 Å². The Labute approximate surface area is 124 Å². The monoisotopic (exact) mass is 310 g/mol. The number of sulfone groups is 1. The van der Waals surface area contributed by atoms with E-state index in [9.17, 15) is 8.42 Å². The molecule has 2 aromatic rings. The molecule has 2 rings (SSSR count). The van der Waals surface area contributed by atoms with Crippen LogP contribution < -0.4 is 5.32 Å². The molecular weight excluding hydrogens is 292 g/mol. The van der Waals surface area contributed by atoms with Crippen LogP contribution in [0.3, 0.4) is 0 Å². The predicted octanol–water partition coefficient (Wildman–Crippen LogP) is 1.48. The fraction of sp³-hybridized carbons (Fsp3) is 0.357. The zero-order valence-corrected chi connectivity index (χ0v) is 12.8. The number of hydrogen-bond acceptors (Lipinski definition) is 6. The minimum Gasteiger partial charge on any atom is -0.439 e. The molecule has 0 unspecified atom stereocenters. The molecule has 6 nitrogen and oxygen atoms in total. The van der Waals surface area contributed by atoms with E-state index in [0.717, 1.165) is 0 Å². The first-order chi connectivity index (χ1) is 10.0. The van der Waals surface area contributed by atoms with Crippen molar-refractivity contribution in [1.82, 2.24) is 10.3 Å². The summed E-state index contributed by atoms with van der Waals surface area (Å²) in [5.41, 5.74) is 0.688. The summed E-state index contributed by atoms with van der Waals surface area (Å²) in [5, 5.41) is 3.13. The van der Waals surface area contributed by atoms with Crippen molar-refractivity contribution in [2.24, 2.45) is 0 Å². The Bertz CT molecular complexity index is 695. The number of methoxy groups -OCH3 is 1. The molecule has 0 aliphatic carbocycles. The van der Waals surface area contributed by atoms with Gasteiger partial charge in [0, 0.05) is 25.5 Å². The summed E-state index contributed by atoms with van der Waals surface area (Å²) in [6.45, 7) is 1.82. The summed E-state index contributed by atoms with van der Waals surface area (Å²) in [5.74, 6) is 1.09. The van der Waals surface area contributed by atoms with Crippen molar-refractivity contribution in [3.63, 3.8) is 0 Å². The van der Waals surface area contributed by atoms with E-state index in [1.807, 2.05) is 0 Å². The highest BCUT2D eigenvalue weighted by molar-refractivity contribution is 7.90. The minimum atomic E-state index is -3.24. The fourth-order valence-corrected chi connectivity index (χ4v) is 2.44. The van der Waals surface area contributed by atoms with Gasteiger partial charge in [-0.1, -0.05) is 12.1 Å². The van der Waals surface area contributed by atoms with E-state index >= 15 is 0 Å². The number of nitrogens with zero attached hydrogens (tertiary/aromatic N) is 1. The van der Waals surface area contributed by atoms with Crippen LogP contribution in [-0.4, -0.2) is 39.9 Å². The molecule has 21 heavy (non-hydrogen) atoms. The lowest BCUT2D eigenvalue weighted by Crippen LogP contribution is -2.18. The molecule has 114 valence electrons. The van der Waals surface area contributed by atoms with E-state index in [1.54, 1.807) is 37.6 Å². The molecule has 7 heteroatoms. The van der Waals surface area contributed by atoms with Gasteiger partial charge in [0.25, 0.3) is 0 Å². The van der Waals surface area contributed by atoms with Crippen LogP contribution in [-0.2, 0) is 21.1 Å². The number of oxazole rings is 1. The van der Waals surface area contributed by atoms with Crippen molar-refractivity contribution in [3.05, 3.63) is 36.4 Å². The van der Waals surface area contributed by atoms with Crippen LogP contribution in [0, 0.1) is 0 Å². The summed E-state index contributed by atoms with van der Waals surface area (Å²) in [6.07, 6.45) is 2.77. The van der Waals surface area contributed by atoms with Crippen LogP contribution in [0.2, 0.25) is 0 Å². The molecule has 1 heterocycles. The average molecular weight is 310 g/mol. The van der Waals surface area contributed by atoms with Crippen LogP contribution >= 0.6 is 0 Å². The summed E-state index contributed by atoms with van der Waals surface area (Å²) in [6, 6.07) is 6.61. The lowest BCUT2D eigenvalue weighted by Gasteiger charge is -2.01. The van der Waals surface area contributed by atoms with Gasteiger partial charge in [-0.25, -0.2) is 13.4 Å². The fourth-order valence-electron chi connectivity index (χ4n) is 1.77. The third kappa shape index (κ3) is 4.38. The highest BCUT2D eigenvalue weighted by Crippen LogP contribution is 2.23. The van der Waals surface area contributed by atoms with Crippen LogP contribution in [0.25, 0.3) is 11.3 Å².